The molecule has 0 rings (SSSR count). The van der Waals surface area contributed by atoms with Crippen molar-refractivity contribution in [3.05, 3.63) is 0 Å². The Kier molecular flexibility index (Phi) is 18.1. The Labute approximate surface area is 177 Å². The summed E-state index contributed by atoms with van der Waals surface area (Å²) in [5, 5.41) is 8.61. The maximum Gasteiger partial charge on any atom is 0.303 e. The molecular weight excluding hydrogens is 344 g/mol. The van der Waals surface area contributed by atoms with Crippen molar-refractivity contribution in [3.63, 3.8) is 0 Å². The summed E-state index contributed by atoms with van der Waals surface area (Å²) >= 11 is 0. The van der Waals surface area contributed by atoms with Crippen molar-refractivity contribution in [2.75, 3.05) is 0 Å². The van der Waals surface area contributed by atoms with Crippen LogP contribution in [0, 0.1) is 11.3 Å². The molecule has 0 heterocycles. The van der Waals surface area contributed by atoms with Crippen molar-refractivity contribution in [2.45, 2.75) is 150 Å². The highest BCUT2D eigenvalue weighted by Crippen LogP contribution is 2.30. The molecule has 2 heteroatoms. The van der Waals surface area contributed by atoms with Gasteiger partial charge in [-0.3, -0.25) is 4.79 Å². The van der Waals surface area contributed by atoms with E-state index in [0.717, 1.165) is 18.8 Å². The van der Waals surface area contributed by atoms with Crippen LogP contribution in [0.4, 0.5) is 0 Å². The van der Waals surface area contributed by atoms with E-state index in [9.17, 15) is 4.79 Å². The van der Waals surface area contributed by atoms with E-state index in [0.29, 0.717) is 11.8 Å². The summed E-state index contributed by atoms with van der Waals surface area (Å²) in [6.45, 7) is 9.66. The van der Waals surface area contributed by atoms with Crippen LogP contribution < -0.4 is 0 Å². The van der Waals surface area contributed by atoms with Gasteiger partial charge in [0.25, 0.3) is 0 Å². The second-order valence-corrected chi connectivity index (χ2v) is 10.1. The molecule has 0 amide bonds. The Balaban J connectivity index is 3.42. The van der Waals surface area contributed by atoms with Gasteiger partial charge in [0.2, 0.25) is 0 Å². The first kappa shape index (κ1) is 27.5. The third kappa shape index (κ3) is 20.2. The fourth-order valence-corrected chi connectivity index (χ4v) is 4.21. The summed E-state index contributed by atoms with van der Waals surface area (Å²) in [5.74, 6) is 0.276. The van der Waals surface area contributed by atoms with E-state index in [2.05, 4.69) is 27.7 Å². The maximum absolute atomic E-state index is 10.4. The quantitative estimate of drug-likeness (QED) is 0.196. The van der Waals surface area contributed by atoms with Crippen molar-refractivity contribution < 1.29 is 9.90 Å². The molecule has 0 aromatic heterocycles. The predicted molar refractivity (Wildman–Crippen MR) is 124 cm³/mol. The molecule has 2 nitrogen and oxygen atoms in total. The molecule has 1 N–H and O–H groups in total. The van der Waals surface area contributed by atoms with Crippen molar-refractivity contribution in [3.8, 4) is 0 Å². The third-order valence-electron chi connectivity index (χ3n) is 6.35. The highest BCUT2D eigenvalue weighted by molar-refractivity contribution is 5.66. The summed E-state index contributed by atoms with van der Waals surface area (Å²) in [6, 6.07) is 0. The first-order valence-electron chi connectivity index (χ1n) is 12.6. The Bertz CT molecular complexity index is 348. The van der Waals surface area contributed by atoms with Gasteiger partial charge in [-0.1, -0.05) is 124 Å². The van der Waals surface area contributed by atoms with Gasteiger partial charge < -0.3 is 5.11 Å². The number of carboxylic acid groups (broad SMARTS) is 1. The summed E-state index contributed by atoms with van der Waals surface area (Å²) in [5.41, 5.74) is 0.526. The fraction of sp³-hybridized carbons (Fsp3) is 0.962. The average Bonchev–Trinajstić information content (AvgIpc) is 2.63. The van der Waals surface area contributed by atoms with Crippen molar-refractivity contribution >= 4 is 5.97 Å². The maximum atomic E-state index is 10.4. The van der Waals surface area contributed by atoms with Crippen LogP contribution >= 0.6 is 0 Å². The van der Waals surface area contributed by atoms with E-state index in [1.807, 2.05) is 0 Å². The van der Waals surface area contributed by atoms with Crippen LogP contribution in [0.25, 0.3) is 0 Å². The van der Waals surface area contributed by atoms with Gasteiger partial charge in [0, 0.05) is 6.42 Å². The van der Waals surface area contributed by atoms with Gasteiger partial charge in [0.05, 0.1) is 0 Å². The van der Waals surface area contributed by atoms with Crippen molar-refractivity contribution in [2.24, 2.45) is 11.3 Å². The van der Waals surface area contributed by atoms with Gasteiger partial charge in [0.1, 0.15) is 0 Å². The molecule has 0 radical (unpaired) electrons. The van der Waals surface area contributed by atoms with Gasteiger partial charge >= 0.3 is 5.97 Å². The number of aliphatic carboxylic acids is 1. The number of unbranched alkanes of at least 4 members (excludes halogenated alkanes) is 11. The van der Waals surface area contributed by atoms with Crippen LogP contribution in [0.15, 0.2) is 0 Å². The zero-order valence-electron chi connectivity index (χ0n) is 19.9. The molecule has 0 aromatic rings. The molecule has 0 aliphatic carbocycles. The Hall–Kier alpha value is -0.530. The number of hydrogen-bond donors (Lipinski definition) is 1. The van der Waals surface area contributed by atoms with E-state index in [-0.39, 0.29) is 0 Å². The van der Waals surface area contributed by atoms with Crippen LogP contribution in [0.2, 0.25) is 0 Å². The minimum Gasteiger partial charge on any atom is -0.481 e. The minimum atomic E-state index is -0.653. The minimum absolute atomic E-state index is 0.341. The summed E-state index contributed by atoms with van der Waals surface area (Å²) in [6.07, 6.45) is 24.2. The first-order valence-corrected chi connectivity index (χ1v) is 12.6. The number of carbonyl (C=O) groups is 1. The number of carboxylic acids is 1. The van der Waals surface area contributed by atoms with Crippen LogP contribution in [-0.4, -0.2) is 11.1 Å². The third-order valence-corrected chi connectivity index (χ3v) is 6.35. The van der Waals surface area contributed by atoms with Gasteiger partial charge in [-0.2, -0.15) is 0 Å². The van der Waals surface area contributed by atoms with Crippen LogP contribution in [-0.2, 0) is 4.79 Å². The van der Waals surface area contributed by atoms with Gasteiger partial charge in [-0.25, -0.2) is 0 Å². The second kappa shape index (κ2) is 18.5. The summed E-state index contributed by atoms with van der Waals surface area (Å²) in [7, 11) is 0. The van der Waals surface area contributed by atoms with E-state index in [1.165, 1.54) is 103 Å². The molecule has 0 fully saturated rings. The predicted octanol–water partition coefficient (Wildman–Crippen LogP) is 9.17. The molecule has 1 atom stereocenters. The molecule has 0 bridgehead atoms. The van der Waals surface area contributed by atoms with Crippen LogP contribution in [0.5, 0.6) is 0 Å². The van der Waals surface area contributed by atoms with E-state index >= 15 is 0 Å². The molecule has 0 spiro atoms. The van der Waals surface area contributed by atoms with Crippen molar-refractivity contribution in [1.82, 2.24) is 0 Å². The number of hydrogen-bond acceptors (Lipinski definition) is 1. The summed E-state index contributed by atoms with van der Waals surface area (Å²) in [4.78, 5) is 10.4. The molecule has 0 aromatic carbocycles. The Morgan fingerprint density at radius 2 is 1.14 bits per heavy atom. The van der Waals surface area contributed by atoms with Gasteiger partial charge in [-0.05, 0) is 30.6 Å². The molecule has 0 aliphatic rings. The van der Waals surface area contributed by atoms with E-state index in [1.54, 1.807) is 0 Å². The lowest BCUT2D eigenvalue weighted by atomic mass is 9.81. The molecule has 0 saturated carbocycles. The normalized spacial score (nSPS) is 13.0. The van der Waals surface area contributed by atoms with Crippen LogP contribution in [0.1, 0.15) is 150 Å². The topological polar surface area (TPSA) is 37.3 Å². The lowest BCUT2D eigenvalue weighted by molar-refractivity contribution is -0.137. The largest absolute Gasteiger partial charge is 0.481 e. The molecule has 28 heavy (non-hydrogen) atoms. The zero-order chi connectivity index (χ0) is 21.1. The van der Waals surface area contributed by atoms with Gasteiger partial charge in [-0.15, -0.1) is 0 Å². The molecule has 0 aliphatic heterocycles. The highest BCUT2D eigenvalue weighted by Gasteiger charge is 2.16. The molecular formula is C26H52O2. The monoisotopic (exact) mass is 396 g/mol. The molecule has 168 valence electrons. The Morgan fingerprint density at radius 1 is 0.714 bits per heavy atom. The van der Waals surface area contributed by atoms with Gasteiger partial charge in [0.15, 0.2) is 0 Å². The van der Waals surface area contributed by atoms with E-state index in [4.69, 9.17) is 5.11 Å². The molecule has 0 saturated heterocycles. The SMILES string of the molecule is CCCCC(C)CCCCCC(C)(C)CCCCCCCCCCCC(=O)O. The second-order valence-electron chi connectivity index (χ2n) is 10.1. The lowest BCUT2D eigenvalue weighted by Gasteiger charge is -2.24. The average molecular weight is 397 g/mol. The Morgan fingerprint density at radius 3 is 1.64 bits per heavy atom. The lowest BCUT2D eigenvalue weighted by Crippen LogP contribution is -2.11. The standard InChI is InChI=1S/C26H52O2/c1-5-6-19-24(2)20-15-14-18-23-26(3,4)22-17-13-11-9-7-8-10-12-16-21-25(27)28/h24H,5-23H2,1-4H3,(H,27,28). The van der Waals surface area contributed by atoms with Crippen molar-refractivity contribution in [1.29, 1.82) is 0 Å². The number of rotatable bonds is 21. The van der Waals surface area contributed by atoms with E-state index < -0.39 is 5.97 Å². The molecule has 1 unspecified atom stereocenters. The first-order chi connectivity index (χ1) is 13.4. The summed E-state index contributed by atoms with van der Waals surface area (Å²) < 4.78 is 0. The zero-order valence-corrected chi connectivity index (χ0v) is 19.9. The smallest absolute Gasteiger partial charge is 0.303 e. The highest BCUT2D eigenvalue weighted by atomic mass is 16.4. The van der Waals surface area contributed by atoms with Crippen LogP contribution in [0.3, 0.4) is 0 Å². The fourth-order valence-electron chi connectivity index (χ4n) is 4.21.